The van der Waals surface area contributed by atoms with Gasteiger partial charge in [-0.3, -0.25) is 0 Å². The molecule has 1 rings (SSSR count). The van der Waals surface area contributed by atoms with Crippen LogP contribution < -0.4 is 4.72 Å². The summed E-state index contributed by atoms with van der Waals surface area (Å²) < 4.78 is 30.7. The van der Waals surface area contributed by atoms with Gasteiger partial charge in [0.05, 0.1) is 17.6 Å². The van der Waals surface area contributed by atoms with Crippen LogP contribution in [0, 0.1) is 0 Å². The predicted octanol–water partition coefficient (Wildman–Crippen LogP) is 1.53. The quantitative estimate of drug-likeness (QED) is 0.854. The Labute approximate surface area is 108 Å². The predicted molar refractivity (Wildman–Crippen MR) is 66.3 cm³/mol. The van der Waals surface area contributed by atoms with Crippen molar-refractivity contribution < 1.29 is 17.9 Å². The maximum Gasteiger partial charge on any atom is 0.339 e. The van der Waals surface area contributed by atoms with Crippen molar-refractivity contribution in [2.45, 2.75) is 11.8 Å². The highest BCUT2D eigenvalue weighted by atomic mass is 79.9. The molecule has 0 radical (unpaired) electrons. The number of nitrogens with one attached hydrogen (secondary N) is 1. The van der Waals surface area contributed by atoms with Crippen LogP contribution in [0.1, 0.15) is 17.3 Å². The largest absolute Gasteiger partial charge is 0.465 e. The molecule has 0 atom stereocenters. The molecule has 5 nitrogen and oxygen atoms in total. The van der Waals surface area contributed by atoms with Gasteiger partial charge in [-0.2, -0.15) is 0 Å². The van der Waals surface area contributed by atoms with E-state index in [1.165, 1.54) is 25.3 Å². The summed E-state index contributed by atoms with van der Waals surface area (Å²) in [6, 6.07) is 4.12. The number of carbonyl (C=O) groups is 1. The summed E-state index contributed by atoms with van der Waals surface area (Å²) in [5, 5.41) is 0. The van der Waals surface area contributed by atoms with Gasteiger partial charge in [0.2, 0.25) is 10.0 Å². The number of halogens is 1. The van der Waals surface area contributed by atoms with E-state index in [1.54, 1.807) is 6.92 Å². The van der Waals surface area contributed by atoms with Crippen LogP contribution in [0.15, 0.2) is 27.6 Å². The highest BCUT2D eigenvalue weighted by Crippen LogP contribution is 2.22. The molecule has 1 aromatic rings. The monoisotopic (exact) mass is 321 g/mol. The average Bonchev–Trinajstić information content (AvgIpc) is 2.28. The summed E-state index contributed by atoms with van der Waals surface area (Å²) >= 11 is 3.14. The molecule has 0 heterocycles. The lowest BCUT2D eigenvalue weighted by Crippen LogP contribution is -2.23. The van der Waals surface area contributed by atoms with E-state index in [-0.39, 0.29) is 10.5 Å². The number of carbonyl (C=O) groups excluding carboxylic acids is 1. The Morgan fingerprint density at radius 2 is 2.12 bits per heavy atom. The van der Waals surface area contributed by atoms with Gasteiger partial charge >= 0.3 is 5.97 Å². The van der Waals surface area contributed by atoms with Gasteiger partial charge in [0.15, 0.2) is 0 Å². The molecule has 0 fully saturated rings. The first-order valence-electron chi connectivity index (χ1n) is 4.80. The van der Waals surface area contributed by atoms with Crippen LogP contribution in [0.5, 0.6) is 0 Å². The maximum absolute atomic E-state index is 11.7. The molecule has 1 aromatic carbocycles. The zero-order valence-electron chi connectivity index (χ0n) is 9.36. The molecule has 0 aromatic heterocycles. The lowest BCUT2D eigenvalue weighted by Gasteiger charge is -2.07. The SMILES string of the molecule is CCNS(=O)(=O)c1ccc(C(=O)OC)c(Br)c1. The molecule has 17 heavy (non-hydrogen) atoms. The Bertz CT molecular complexity index is 527. The second-order valence-electron chi connectivity index (χ2n) is 3.13. The van der Waals surface area contributed by atoms with E-state index in [0.29, 0.717) is 11.0 Å². The molecular formula is C10H12BrNO4S. The summed E-state index contributed by atoms with van der Waals surface area (Å²) in [6.45, 7) is 1.99. The summed E-state index contributed by atoms with van der Waals surface area (Å²) in [5.41, 5.74) is 0.281. The van der Waals surface area contributed by atoms with Crippen molar-refractivity contribution >= 4 is 31.9 Å². The molecule has 7 heteroatoms. The van der Waals surface area contributed by atoms with E-state index in [4.69, 9.17) is 0 Å². The van der Waals surface area contributed by atoms with Crippen molar-refractivity contribution in [2.75, 3.05) is 13.7 Å². The number of methoxy groups -OCH3 is 1. The molecule has 0 amide bonds. The van der Waals surface area contributed by atoms with Crippen molar-refractivity contribution in [1.82, 2.24) is 4.72 Å². The number of sulfonamides is 1. The van der Waals surface area contributed by atoms with E-state index in [1.807, 2.05) is 0 Å². The van der Waals surface area contributed by atoms with E-state index >= 15 is 0 Å². The first-order valence-corrected chi connectivity index (χ1v) is 7.07. The van der Waals surface area contributed by atoms with Crippen LogP contribution in [0.3, 0.4) is 0 Å². The number of ether oxygens (including phenoxy) is 1. The van der Waals surface area contributed by atoms with Gasteiger partial charge in [0.25, 0.3) is 0 Å². The fourth-order valence-electron chi connectivity index (χ4n) is 1.21. The Kier molecular flexibility index (Phi) is 4.67. The van der Waals surface area contributed by atoms with Crippen molar-refractivity contribution in [2.24, 2.45) is 0 Å². The van der Waals surface area contributed by atoms with Crippen LogP contribution in [0.25, 0.3) is 0 Å². The second kappa shape index (κ2) is 5.61. The van der Waals surface area contributed by atoms with E-state index in [0.717, 1.165) is 0 Å². The minimum absolute atomic E-state index is 0.0962. The van der Waals surface area contributed by atoms with Gasteiger partial charge in [-0.1, -0.05) is 6.92 Å². The maximum atomic E-state index is 11.7. The molecule has 0 aliphatic carbocycles. The third-order valence-electron chi connectivity index (χ3n) is 1.99. The third kappa shape index (κ3) is 3.27. The fourth-order valence-corrected chi connectivity index (χ4v) is 2.97. The number of benzene rings is 1. The fraction of sp³-hybridized carbons (Fsp3) is 0.300. The Morgan fingerprint density at radius 3 is 2.59 bits per heavy atom. The first-order chi connectivity index (χ1) is 7.92. The van der Waals surface area contributed by atoms with Crippen molar-refractivity contribution in [1.29, 1.82) is 0 Å². The van der Waals surface area contributed by atoms with Crippen molar-refractivity contribution in [3.63, 3.8) is 0 Å². The minimum atomic E-state index is -3.51. The standard InChI is InChI=1S/C10H12BrNO4S/c1-3-12-17(14,15)7-4-5-8(9(11)6-7)10(13)16-2/h4-6,12H,3H2,1-2H3. The topological polar surface area (TPSA) is 72.5 Å². The Balaban J connectivity index is 3.18. The molecule has 0 saturated heterocycles. The van der Waals surface area contributed by atoms with Gasteiger partial charge in [-0.15, -0.1) is 0 Å². The Hall–Kier alpha value is -0.920. The summed E-state index contributed by atoms with van der Waals surface area (Å²) in [5.74, 6) is -0.524. The summed E-state index contributed by atoms with van der Waals surface area (Å²) in [4.78, 5) is 11.4. The van der Waals surface area contributed by atoms with Gasteiger partial charge in [0, 0.05) is 11.0 Å². The molecule has 0 aliphatic rings. The van der Waals surface area contributed by atoms with Gasteiger partial charge in [-0.25, -0.2) is 17.9 Å². The number of hydrogen-bond acceptors (Lipinski definition) is 4. The van der Waals surface area contributed by atoms with Gasteiger partial charge < -0.3 is 4.74 Å². The van der Waals surface area contributed by atoms with Crippen LogP contribution in [-0.2, 0) is 14.8 Å². The molecule has 94 valence electrons. The molecular weight excluding hydrogens is 310 g/mol. The first kappa shape index (κ1) is 14.1. The van der Waals surface area contributed by atoms with E-state index < -0.39 is 16.0 Å². The Morgan fingerprint density at radius 1 is 1.47 bits per heavy atom. The molecule has 0 unspecified atom stereocenters. The molecule has 1 N–H and O–H groups in total. The molecule has 0 aliphatic heterocycles. The smallest absolute Gasteiger partial charge is 0.339 e. The molecule has 0 spiro atoms. The normalized spacial score (nSPS) is 11.2. The lowest BCUT2D eigenvalue weighted by atomic mass is 10.2. The highest BCUT2D eigenvalue weighted by molar-refractivity contribution is 9.10. The lowest BCUT2D eigenvalue weighted by molar-refractivity contribution is 0.0599. The van der Waals surface area contributed by atoms with E-state index in [2.05, 4.69) is 25.4 Å². The number of rotatable bonds is 4. The van der Waals surface area contributed by atoms with Crippen LogP contribution >= 0.6 is 15.9 Å². The van der Waals surface area contributed by atoms with Crippen molar-refractivity contribution in [3.05, 3.63) is 28.2 Å². The summed E-state index contributed by atoms with van der Waals surface area (Å²) in [6.07, 6.45) is 0. The molecule has 0 saturated carbocycles. The minimum Gasteiger partial charge on any atom is -0.465 e. The zero-order valence-corrected chi connectivity index (χ0v) is 11.8. The average molecular weight is 322 g/mol. The zero-order chi connectivity index (χ0) is 13.1. The van der Waals surface area contributed by atoms with Crippen LogP contribution in [0.2, 0.25) is 0 Å². The highest BCUT2D eigenvalue weighted by Gasteiger charge is 2.17. The van der Waals surface area contributed by atoms with Crippen molar-refractivity contribution in [3.8, 4) is 0 Å². The second-order valence-corrected chi connectivity index (χ2v) is 5.76. The van der Waals surface area contributed by atoms with Gasteiger partial charge in [-0.05, 0) is 34.1 Å². The number of hydrogen-bond donors (Lipinski definition) is 1. The summed E-state index contributed by atoms with van der Waals surface area (Å²) in [7, 11) is -2.25. The third-order valence-corrected chi connectivity index (χ3v) is 4.19. The van der Waals surface area contributed by atoms with E-state index in [9.17, 15) is 13.2 Å². The number of esters is 1. The van der Waals surface area contributed by atoms with Crippen LogP contribution in [-0.4, -0.2) is 28.0 Å². The molecule has 0 bridgehead atoms. The van der Waals surface area contributed by atoms with Gasteiger partial charge in [0.1, 0.15) is 0 Å². The van der Waals surface area contributed by atoms with Crippen LogP contribution in [0.4, 0.5) is 0 Å².